The van der Waals surface area contributed by atoms with Gasteiger partial charge in [0.15, 0.2) is 5.13 Å². The number of likely N-dealkylation sites (N-methyl/N-ethyl adjacent to an activating group) is 1. The van der Waals surface area contributed by atoms with E-state index >= 15 is 0 Å². The second kappa shape index (κ2) is 11.6. The van der Waals surface area contributed by atoms with Gasteiger partial charge in [-0.1, -0.05) is 11.3 Å². The molecule has 0 atom stereocenters. The molecule has 14 heteroatoms. The van der Waals surface area contributed by atoms with E-state index in [0.29, 0.717) is 31.1 Å². The summed E-state index contributed by atoms with van der Waals surface area (Å²) in [5.74, 6) is -0.345. The fourth-order valence-electron chi connectivity index (χ4n) is 3.96. The molecule has 36 heavy (non-hydrogen) atoms. The zero-order valence-corrected chi connectivity index (χ0v) is 21.2. The lowest BCUT2D eigenvalue weighted by molar-refractivity contribution is -0.137. The van der Waals surface area contributed by atoms with Crippen LogP contribution < -0.4 is 15.5 Å². The third-order valence-electron chi connectivity index (χ3n) is 6.07. The molecule has 2 aromatic rings. The van der Waals surface area contributed by atoms with Crippen molar-refractivity contribution in [1.29, 1.82) is 0 Å². The summed E-state index contributed by atoms with van der Waals surface area (Å²) in [7, 11) is 2.08. The maximum Gasteiger partial charge on any atom is 0.421 e. The van der Waals surface area contributed by atoms with Gasteiger partial charge in [0.25, 0.3) is 0 Å². The third-order valence-corrected chi connectivity index (χ3v) is 7.20. The monoisotopic (exact) mass is 528 g/mol. The summed E-state index contributed by atoms with van der Waals surface area (Å²) in [6.45, 7) is 7.26. The van der Waals surface area contributed by atoms with Crippen LogP contribution in [0.5, 0.6) is 0 Å². The Morgan fingerprint density at radius 2 is 1.94 bits per heavy atom. The number of carbonyl (C=O) groups is 1. The van der Waals surface area contributed by atoms with Crippen molar-refractivity contribution in [2.75, 3.05) is 81.6 Å². The molecule has 2 aliphatic heterocycles. The highest BCUT2D eigenvalue weighted by molar-refractivity contribution is 7.19. The van der Waals surface area contributed by atoms with E-state index in [1.54, 1.807) is 4.90 Å². The number of alkyl halides is 3. The largest absolute Gasteiger partial charge is 0.421 e. The first-order valence-corrected chi connectivity index (χ1v) is 12.7. The van der Waals surface area contributed by atoms with Crippen LogP contribution in [0.25, 0.3) is 0 Å². The van der Waals surface area contributed by atoms with Crippen LogP contribution in [-0.4, -0.2) is 96.7 Å². The van der Waals surface area contributed by atoms with Crippen molar-refractivity contribution in [2.45, 2.75) is 25.9 Å². The Hall–Kier alpha value is -2.71. The second-order valence-corrected chi connectivity index (χ2v) is 9.82. The average Bonchev–Trinajstić information content (AvgIpc) is 3.06. The van der Waals surface area contributed by atoms with Crippen molar-refractivity contribution in [3.05, 3.63) is 17.5 Å². The SMILES string of the molecule is Cc1nc(N2CCN(C)CC2)sc1Nc1ncc(C(F)(F)F)c(NCCCN2CCCOCC2=O)n1. The summed E-state index contributed by atoms with van der Waals surface area (Å²) in [6, 6.07) is 0. The zero-order chi connectivity index (χ0) is 25.7. The zero-order valence-electron chi connectivity index (χ0n) is 20.4. The topological polar surface area (TPSA) is 98.8 Å². The molecule has 0 spiro atoms. The number of rotatable bonds is 8. The maximum atomic E-state index is 13.6. The molecule has 0 unspecified atom stereocenters. The second-order valence-electron chi connectivity index (χ2n) is 8.85. The van der Waals surface area contributed by atoms with Crippen LogP contribution in [0.15, 0.2) is 6.20 Å². The molecule has 0 aromatic carbocycles. The minimum atomic E-state index is -4.60. The van der Waals surface area contributed by atoms with Gasteiger partial charge >= 0.3 is 6.18 Å². The molecule has 1 amide bonds. The molecule has 2 saturated heterocycles. The predicted molar refractivity (Wildman–Crippen MR) is 132 cm³/mol. The van der Waals surface area contributed by atoms with Crippen molar-refractivity contribution in [3.63, 3.8) is 0 Å². The van der Waals surface area contributed by atoms with Crippen LogP contribution in [-0.2, 0) is 15.7 Å². The van der Waals surface area contributed by atoms with Crippen LogP contribution in [0.2, 0.25) is 0 Å². The molecule has 0 saturated carbocycles. The lowest BCUT2D eigenvalue weighted by Gasteiger charge is -2.32. The Balaban J connectivity index is 1.41. The Morgan fingerprint density at radius 1 is 1.17 bits per heavy atom. The molecule has 2 fully saturated rings. The van der Waals surface area contributed by atoms with E-state index < -0.39 is 11.7 Å². The van der Waals surface area contributed by atoms with Crippen LogP contribution >= 0.6 is 11.3 Å². The Bertz CT molecular complexity index is 1040. The summed E-state index contributed by atoms with van der Waals surface area (Å²) >= 11 is 1.43. The Labute approximate surface area is 211 Å². The molecule has 0 radical (unpaired) electrons. The van der Waals surface area contributed by atoms with Gasteiger partial charge in [-0.3, -0.25) is 4.79 Å². The number of ether oxygens (including phenoxy) is 1. The van der Waals surface area contributed by atoms with Crippen molar-refractivity contribution >= 4 is 39.1 Å². The third kappa shape index (κ3) is 6.73. The quantitative estimate of drug-likeness (QED) is 0.501. The minimum absolute atomic E-state index is 0.0418. The molecular weight excluding hydrogens is 497 g/mol. The van der Waals surface area contributed by atoms with Gasteiger partial charge in [0.1, 0.15) is 23.0 Å². The van der Waals surface area contributed by atoms with E-state index in [2.05, 4.69) is 42.4 Å². The average molecular weight is 529 g/mol. The minimum Gasteiger partial charge on any atom is -0.372 e. The van der Waals surface area contributed by atoms with Gasteiger partial charge in [0, 0.05) is 58.6 Å². The number of hydrogen-bond donors (Lipinski definition) is 2. The number of amides is 1. The first-order valence-electron chi connectivity index (χ1n) is 11.9. The predicted octanol–water partition coefficient (Wildman–Crippen LogP) is 2.81. The van der Waals surface area contributed by atoms with Crippen LogP contribution in [0.4, 0.5) is 35.1 Å². The molecule has 4 heterocycles. The van der Waals surface area contributed by atoms with Gasteiger partial charge in [0.05, 0.1) is 5.69 Å². The fraction of sp³-hybridized carbons (Fsp3) is 0.636. The molecule has 0 bridgehead atoms. The Kier molecular flexibility index (Phi) is 8.46. The van der Waals surface area contributed by atoms with E-state index in [4.69, 9.17) is 4.74 Å². The van der Waals surface area contributed by atoms with E-state index in [0.717, 1.165) is 49.6 Å². The summed E-state index contributed by atoms with van der Waals surface area (Å²) in [6.07, 6.45) is -2.61. The van der Waals surface area contributed by atoms with Gasteiger partial charge in [0.2, 0.25) is 11.9 Å². The highest BCUT2D eigenvalue weighted by atomic mass is 32.1. The molecule has 2 aromatic heterocycles. The number of nitrogens with one attached hydrogen (secondary N) is 2. The number of hydrogen-bond acceptors (Lipinski definition) is 10. The number of aromatic nitrogens is 3. The normalized spacial score (nSPS) is 17.9. The first kappa shape index (κ1) is 26.4. The highest BCUT2D eigenvalue weighted by Crippen LogP contribution is 2.36. The number of thiazole rings is 1. The summed E-state index contributed by atoms with van der Waals surface area (Å²) in [5.41, 5.74) is -0.204. The summed E-state index contributed by atoms with van der Waals surface area (Å²) in [4.78, 5) is 30.8. The van der Waals surface area contributed by atoms with Gasteiger partial charge in [-0.25, -0.2) is 9.97 Å². The molecule has 2 aliphatic rings. The van der Waals surface area contributed by atoms with Crippen molar-refractivity contribution in [2.24, 2.45) is 0 Å². The van der Waals surface area contributed by atoms with Gasteiger partial charge in [-0.2, -0.15) is 18.2 Å². The van der Waals surface area contributed by atoms with Crippen molar-refractivity contribution in [1.82, 2.24) is 24.8 Å². The van der Waals surface area contributed by atoms with Crippen LogP contribution in [0.3, 0.4) is 0 Å². The number of piperazine rings is 1. The molecule has 0 aliphatic carbocycles. The maximum absolute atomic E-state index is 13.6. The van der Waals surface area contributed by atoms with Crippen LogP contribution in [0, 0.1) is 6.92 Å². The van der Waals surface area contributed by atoms with E-state index in [-0.39, 0.29) is 30.8 Å². The smallest absolute Gasteiger partial charge is 0.372 e. The number of aryl methyl sites for hydroxylation is 1. The number of anilines is 4. The molecule has 4 rings (SSSR count). The number of halogens is 3. The van der Waals surface area contributed by atoms with E-state index in [9.17, 15) is 18.0 Å². The van der Waals surface area contributed by atoms with E-state index in [1.165, 1.54) is 11.3 Å². The number of nitrogens with zero attached hydrogens (tertiary/aromatic N) is 6. The van der Waals surface area contributed by atoms with E-state index in [1.807, 2.05) is 6.92 Å². The van der Waals surface area contributed by atoms with Gasteiger partial charge in [-0.05, 0) is 26.8 Å². The van der Waals surface area contributed by atoms with Gasteiger partial charge in [-0.15, -0.1) is 0 Å². The molecule has 10 nitrogen and oxygen atoms in total. The number of carbonyl (C=O) groups excluding carboxylic acids is 1. The van der Waals surface area contributed by atoms with Crippen molar-refractivity contribution in [3.8, 4) is 0 Å². The van der Waals surface area contributed by atoms with Crippen LogP contribution in [0.1, 0.15) is 24.1 Å². The highest BCUT2D eigenvalue weighted by Gasteiger charge is 2.35. The molecular formula is C22H31F3N8O2S. The molecule has 2 N–H and O–H groups in total. The van der Waals surface area contributed by atoms with Crippen molar-refractivity contribution < 1.29 is 22.7 Å². The Morgan fingerprint density at radius 3 is 2.69 bits per heavy atom. The lowest BCUT2D eigenvalue weighted by atomic mass is 10.3. The first-order chi connectivity index (χ1) is 17.2. The standard InChI is InChI=1S/C22H31F3N8O2S/c1-15-19(36-21(28-15)33-10-8-31(2)9-11-33)30-20-27-13-16(22(23,24)25)18(29-20)26-5-3-6-32-7-4-12-35-14-17(32)34/h13H,3-12,14H2,1-2H3,(H2,26,27,29,30). The van der Waals surface area contributed by atoms with Gasteiger partial charge < -0.3 is 30.1 Å². The molecule has 198 valence electrons. The fourth-order valence-corrected chi connectivity index (χ4v) is 4.98. The lowest BCUT2D eigenvalue weighted by Crippen LogP contribution is -2.44. The summed E-state index contributed by atoms with van der Waals surface area (Å²) in [5, 5.41) is 7.38. The summed E-state index contributed by atoms with van der Waals surface area (Å²) < 4.78 is 46.0.